The highest BCUT2D eigenvalue weighted by Crippen LogP contribution is 2.39. The Labute approximate surface area is 162 Å². The number of nitrogens with zero attached hydrogens (tertiary/aromatic N) is 1. The Morgan fingerprint density at radius 3 is 2.04 bits per heavy atom. The van der Waals surface area contributed by atoms with Gasteiger partial charge in [-0.15, -0.1) is 0 Å². The van der Waals surface area contributed by atoms with E-state index in [1.165, 1.54) is 27.8 Å². The van der Waals surface area contributed by atoms with E-state index in [0.717, 1.165) is 23.5 Å². The first-order valence-corrected chi connectivity index (χ1v) is 9.54. The molecule has 2 nitrogen and oxygen atoms in total. The molecule has 136 valence electrons. The van der Waals surface area contributed by atoms with Gasteiger partial charge in [0, 0.05) is 6.42 Å². The molecule has 1 atom stereocenters. The van der Waals surface area contributed by atoms with E-state index in [9.17, 15) is 0 Å². The molecule has 1 N–H and O–H groups in total. The summed E-state index contributed by atoms with van der Waals surface area (Å²) in [4.78, 5) is 5.07. The summed E-state index contributed by atoms with van der Waals surface area (Å²) in [6.07, 6.45) is 0.826. The van der Waals surface area contributed by atoms with Crippen molar-refractivity contribution in [3.63, 3.8) is 0 Å². The maximum atomic E-state index is 5.07. The molecule has 1 heterocycles. The minimum Gasteiger partial charge on any atom is -0.374 e. The predicted octanol–water partition coefficient (Wildman–Crippen LogP) is 6.46. The zero-order valence-corrected chi connectivity index (χ0v) is 16.5. The van der Waals surface area contributed by atoms with Gasteiger partial charge in [0.15, 0.2) is 0 Å². The maximum absolute atomic E-state index is 5.07. The summed E-state index contributed by atoms with van der Waals surface area (Å²) in [6.45, 7) is 8.65. The SMILES string of the molecule is Cc1ccc(C2=Nc3ccc(C)cc3NC(C)(c3ccc(C)cc3)C2)cc1. The lowest BCUT2D eigenvalue weighted by molar-refractivity contribution is 0.571. The first-order valence-electron chi connectivity index (χ1n) is 9.54. The average Bonchev–Trinajstić information content (AvgIpc) is 2.79. The molecular formula is C25H26N2. The minimum atomic E-state index is -0.226. The highest BCUT2D eigenvalue weighted by Gasteiger charge is 2.32. The monoisotopic (exact) mass is 354 g/mol. The molecule has 0 saturated carbocycles. The Morgan fingerprint density at radius 1 is 0.778 bits per heavy atom. The van der Waals surface area contributed by atoms with Gasteiger partial charge in [-0.3, -0.25) is 4.99 Å². The normalized spacial score (nSPS) is 18.9. The fourth-order valence-corrected chi connectivity index (χ4v) is 3.72. The van der Waals surface area contributed by atoms with Gasteiger partial charge < -0.3 is 5.32 Å². The summed E-state index contributed by atoms with van der Waals surface area (Å²) in [5.74, 6) is 0. The lowest BCUT2D eigenvalue weighted by Crippen LogP contribution is -2.33. The molecule has 1 aliphatic heterocycles. The molecule has 0 radical (unpaired) electrons. The van der Waals surface area contributed by atoms with Crippen LogP contribution in [-0.2, 0) is 5.54 Å². The Morgan fingerprint density at radius 2 is 1.37 bits per heavy atom. The number of benzene rings is 3. The van der Waals surface area contributed by atoms with Gasteiger partial charge in [-0.1, -0.05) is 65.7 Å². The van der Waals surface area contributed by atoms with Gasteiger partial charge in [0.05, 0.1) is 22.6 Å². The van der Waals surface area contributed by atoms with Crippen molar-refractivity contribution in [1.29, 1.82) is 0 Å². The van der Waals surface area contributed by atoms with E-state index in [1.807, 2.05) is 0 Å². The van der Waals surface area contributed by atoms with E-state index in [2.05, 4.69) is 99.7 Å². The van der Waals surface area contributed by atoms with Gasteiger partial charge in [-0.25, -0.2) is 0 Å². The van der Waals surface area contributed by atoms with Crippen LogP contribution in [0, 0.1) is 20.8 Å². The minimum absolute atomic E-state index is 0.226. The van der Waals surface area contributed by atoms with Crippen LogP contribution >= 0.6 is 0 Å². The Balaban J connectivity index is 1.86. The molecule has 3 aromatic carbocycles. The third kappa shape index (κ3) is 3.52. The molecule has 0 amide bonds. The number of rotatable bonds is 2. The third-order valence-electron chi connectivity index (χ3n) is 5.41. The summed E-state index contributed by atoms with van der Waals surface area (Å²) >= 11 is 0. The molecule has 0 aliphatic carbocycles. The van der Waals surface area contributed by atoms with Crippen LogP contribution in [0.5, 0.6) is 0 Å². The first kappa shape index (κ1) is 17.5. The molecule has 4 rings (SSSR count). The number of anilines is 1. The zero-order chi connectivity index (χ0) is 19.0. The van der Waals surface area contributed by atoms with Crippen molar-refractivity contribution < 1.29 is 0 Å². The largest absolute Gasteiger partial charge is 0.374 e. The van der Waals surface area contributed by atoms with Gasteiger partial charge >= 0.3 is 0 Å². The van der Waals surface area contributed by atoms with E-state index in [-0.39, 0.29) is 5.54 Å². The van der Waals surface area contributed by atoms with Gasteiger partial charge in [0.25, 0.3) is 0 Å². The third-order valence-corrected chi connectivity index (χ3v) is 5.41. The quantitative estimate of drug-likeness (QED) is 0.561. The van der Waals surface area contributed by atoms with Crippen LogP contribution < -0.4 is 5.32 Å². The number of aliphatic imine (C=N–C) groups is 1. The van der Waals surface area contributed by atoms with Crippen molar-refractivity contribution in [2.45, 2.75) is 39.7 Å². The van der Waals surface area contributed by atoms with E-state index in [1.54, 1.807) is 0 Å². The van der Waals surface area contributed by atoms with Crippen LogP contribution in [0.1, 0.15) is 41.2 Å². The number of fused-ring (bicyclic) bond motifs is 1. The van der Waals surface area contributed by atoms with Crippen LogP contribution in [0.15, 0.2) is 71.7 Å². The first-order chi connectivity index (χ1) is 12.9. The van der Waals surface area contributed by atoms with E-state index in [4.69, 9.17) is 4.99 Å². The highest BCUT2D eigenvalue weighted by molar-refractivity contribution is 6.04. The Bertz CT molecular complexity index is 997. The number of aryl methyl sites for hydroxylation is 3. The number of hydrogen-bond donors (Lipinski definition) is 1. The summed E-state index contributed by atoms with van der Waals surface area (Å²) in [6, 6.07) is 24.0. The molecule has 0 bridgehead atoms. The van der Waals surface area contributed by atoms with Crippen molar-refractivity contribution in [1.82, 2.24) is 0 Å². The standard InChI is InChI=1S/C25H26N2/c1-17-5-10-20(11-6-17)24-16-25(4,21-12-7-18(2)8-13-21)27-23-15-19(3)9-14-22(23)26-24/h5-15,27H,16H2,1-4H3. The zero-order valence-electron chi connectivity index (χ0n) is 16.5. The second kappa shape index (κ2) is 6.70. The molecule has 1 unspecified atom stereocenters. The second-order valence-corrected chi connectivity index (χ2v) is 7.95. The van der Waals surface area contributed by atoms with Gasteiger partial charge in [-0.05, 0) is 56.5 Å². The lowest BCUT2D eigenvalue weighted by atomic mass is 9.84. The van der Waals surface area contributed by atoms with E-state index < -0.39 is 0 Å². The molecule has 0 saturated heterocycles. The summed E-state index contributed by atoms with van der Waals surface area (Å²) < 4.78 is 0. The molecule has 0 fully saturated rings. The molecule has 27 heavy (non-hydrogen) atoms. The topological polar surface area (TPSA) is 24.4 Å². The van der Waals surface area contributed by atoms with Crippen molar-refractivity contribution >= 4 is 17.1 Å². The molecule has 3 aromatic rings. The van der Waals surface area contributed by atoms with Crippen molar-refractivity contribution in [2.24, 2.45) is 4.99 Å². The lowest BCUT2D eigenvalue weighted by Gasteiger charge is -2.32. The smallest absolute Gasteiger partial charge is 0.0864 e. The summed E-state index contributed by atoms with van der Waals surface area (Å²) in [5, 5.41) is 3.81. The Kier molecular flexibility index (Phi) is 4.35. The second-order valence-electron chi connectivity index (χ2n) is 7.95. The van der Waals surface area contributed by atoms with Gasteiger partial charge in [0.2, 0.25) is 0 Å². The molecule has 0 spiro atoms. The average molecular weight is 354 g/mol. The van der Waals surface area contributed by atoms with Crippen molar-refractivity contribution in [3.05, 3.63) is 94.5 Å². The predicted molar refractivity (Wildman–Crippen MR) is 115 cm³/mol. The molecule has 2 heteroatoms. The van der Waals surface area contributed by atoms with Crippen molar-refractivity contribution in [3.8, 4) is 0 Å². The number of nitrogens with one attached hydrogen (secondary N) is 1. The van der Waals surface area contributed by atoms with Crippen LogP contribution in [0.4, 0.5) is 11.4 Å². The fourth-order valence-electron chi connectivity index (χ4n) is 3.72. The Hall–Kier alpha value is -2.87. The van der Waals surface area contributed by atoms with Gasteiger partial charge in [0.1, 0.15) is 0 Å². The van der Waals surface area contributed by atoms with Crippen LogP contribution in [0.2, 0.25) is 0 Å². The van der Waals surface area contributed by atoms with Crippen molar-refractivity contribution in [2.75, 3.05) is 5.32 Å². The van der Waals surface area contributed by atoms with Crippen LogP contribution in [0.25, 0.3) is 0 Å². The number of hydrogen-bond acceptors (Lipinski definition) is 2. The maximum Gasteiger partial charge on any atom is 0.0864 e. The molecular weight excluding hydrogens is 328 g/mol. The van der Waals surface area contributed by atoms with E-state index in [0.29, 0.717) is 0 Å². The summed E-state index contributed by atoms with van der Waals surface area (Å²) in [5.41, 5.74) is 9.25. The molecule has 1 aliphatic rings. The fraction of sp³-hybridized carbons (Fsp3) is 0.240. The van der Waals surface area contributed by atoms with Crippen LogP contribution in [-0.4, -0.2) is 5.71 Å². The highest BCUT2D eigenvalue weighted by atomic mass is 15.0. The van der Waals surface area contributed by atoms with E-state index >= 15 is 0 Å². The summed E-state index contributed by atoms with van der Waals surface area (Å²) in [7, 11) is 0. The van der Waals surface area contributed by atoms with Gasteiger partial charge in [-0.2, -0.15) is 0 Å². The van der Waals surface area contributed by atoms with Crippen LogP contribution in [0.3, 0.4) is 0 Å². The molecule has 0 aromatic heterocycles.